The van der Waals surface area contributed by atoms with Crippen LogP contribution in [0.2, 0.25) is 0 Å². The Kier molecular flexibility index (Phi) is 6.03. The molecule has 0 spiro atoms. The predicted molar refractivity (Wildman–Crippen MR) is 111 cm³/mol. The van der Waals surface area contributed by atoms with Gasteiger partial charge in [0.1, 0.15) is 0 Å². The zero-order chi connectivity index (χ0) is 18.5. The Balaban J connectivity index is 1.35. The molecule has 144 valence electrons. The maximum Gasteiger partial charge on any atom is 0.193 e. The van der Waals surface area contributed by atoms with Crippen molar-refractivity contribution in [3.63, 3.8) is 0 Å². The summed E-state index contributed by atoms with van der Waals surface area (Å²) in [5.41, 5.74) is 1.01. The molecule has 0 amide bonds. The van der Waals surface area contributed by atoms with Crippen LogP contribution in [0, 0.1) is 0 Å². The topological polar surface area (TPSA) is 66.2 Å². The number of hydrogen-bond acceptors (Lipinski definition) is 6. The lowest BCUT2D eigenvalue weighted by Gasteiger charge is -2.34. The number of imidazole rings is 1. The Morgan fingerprint density at radius 2 is 2.19 bits per heavy atom. The highest BCUT2D eigenvalue weighted by atomic mass is 32.1. The van der Waals surface area contributed by atoms with Crippen LogP contribution in [0.3, 0.4) is 0 Å². The Bertz CT molecular complexity index is 837. The quantitative estimate of drug-likeness (QED) is 0.487. The number of rotatable bonds is 6. The van der Waals surface area contributed by atoms with E-state index >= 15 is 0 Å². The van der Waals surface area contributed by atoms with Crippen LogP contribution in [0.1, 0.15) is 16.6 Å². The van der Waals surface area contributed by atoms with E-state index in [1.165, 1.54) is 4.88 Å². The van der Waals surface area contributed by atoms with Gasteiger partial charge in [-0.3, -0.25) is 14.3 Å². The number of thiazole rings is 1. The predicted octanol–water partition coefficient (Wildman–Crippen LogP) is 2.20. The summed E-state index contributed by atoms with van der Waals surface area (Å²) in [7, 11) is 1.80. The molecule has 4 heterocycles. The first-order valence-corrected chi connectivity index (χ1v) is 10.8. The number of hydrogen-bond donors (Lipinski definition) is 2. The fourth-order valence-corrected chi connectivity index (χ4v) is 4.81. The van der Waals surface area contributed by atoms with Crippen LogP contribution in [0.25, 0.3) is 4.96 Å². The summed E-state index contributed by atoms with van der Waals surface area (Å²) >= 11 is 3.44. The zero-order valence-electron chi connectivity index (χ0n) is 15.3. The molecule has 0 bridgehead atoms. The van der Waals surface area contributed by atoms with Gasteiger partial charge in [0.2, 0.25) is 0 Å². The van der Waals surface area contributed by atoms with Crippen LogP contribution in [-0.2, 0) is 11.3 Å². The standard InChI is InChI=1S/C18H24N6OS2/c1-19-17(20-11-14-13-24-6-10-27-18(24)22-14)21-12-15(16-3-2-9-26-16)23-4-7-25-8-5-23/h2-3,6,9-10,13,15H,4-5,7-8,11-12H2,1H3,(H2,19,20,21). The monoisotopic (exact) mass is 404 g/mol. The Hall–Kier alpha value is -1.94. The Labute approximate surface area is 166 Å². The van der Waals surface area contributed by atoms with E-state index in [0.717, 1.165) is 49.5 Å². The van der Waals surface area contributed by atoms with E-state index in [0.29, 0.717) is 12.6 Å². The third kappa shape index (κ3) is 4.49. The molecule has 1 aliphatic heterocycles. The summed E-state index contributed by atoms with van der Waals surface area (Å²) in [4.78, 5) is 13.8. The summed E-state index contributed by atoms with van der Waals surface area (Å²) in [5.74, 6) is 0.793. The molecule has 27 heavy (non-hydrogen) atoms. The van der Waals surface area contributed by atoms with Crippen LogP contribution < -0.4 is 10.6 Å². The van der Waals surface area contributed by atoms with E-state index in [1.54, 1.807) is 29.7 Å². The minimum absolute atomic E-state index is 0.324. The fourth-order valence-electron chi connectivity index (χ4n) is 3.23. The van der Waals surface area contributed by atoms with Gasteiger partial charge in [-0.15, -0.1) is 22.7 Å². The minimum Gasteiger partial charge on any atom is -0.379 e. The van der Waals surface area contributed by atoms with E-state index in [9.17, 15) is 0 Å². The summed E-state index contributed by atoms with van der Waals surface area (Å²) in [5, 5.41) is 11.0. The number of aromatic nitrogens is 2. The number of fused-ring (bicyclic) bond motifs is 1. The van der Waals surface area contributed by atoms with Gasteiger partial charge in [-0.25, -0.2) is 4.98 Å². The summed E-state index contributed by atoms with van der Waals surface area (Å²) in [6, 6.07) is 4.65. The van der Waals surface area contributed by atoms with Crippen molar-refractivity contribution in [2.45, 2.75) is 12.6 Å². The second kappa shape index (κ2) is 8.83. The molecule has 1 fully saturated rings. The van der Waals surface area contributed by atoms with Crippen LogP contribution in [-0.4, -0.2) is 60.1 Å². The molecule has 9 heteroatoms. The molecule has 3 aromatic rings. The van der Waals surface area contributed by atoms with Gasteiger partial charge in [-0.2, -0.15) is 0 Å². The Morgan fingerprint density at radius 3 is 2.93 bits per heavy atom. The molecule has 2 N–H and O–H groups in total. The maximum atomic E-state index is 5.52. The molecule has 0 radical (unpaired) electrons. The Morgan fingerprint density at radius 1 is 1.30 bits per heavy atom. The molecule has 4 rings (SSSR count). The summed E-state index contributed by atoms with van der Waals surface area (Å²) < 4.78 is 7.56. The lowest BCUT2D eigenvalue weighted by molar-refractivity contribution is 0.0177. The highest BCUT2D eigenvalue weighted by molar-refractivity contribution is 7.15. The highest BCUT2D eigenvalue weighted by Gasteiger charge is 2.23. The van der Waals surface area contributed by atoms with E-state index < -0.39 is 0 Å². The van der Waals surface area contributed by atoms with Crippen LogP contribution in [0.5, 0.6) is 0 Å². The number of ether oxygens (including phenoxy) is 1. The van der Waals surface area contributed by atoms with Crippen molar-refractivity contribution >= 4 is 33.6 Å². The van der Waals surface area contributed by atoms with Crippen LogP contribution in [0.4, 0.5) is 0 Å². The van der Waals surface area contributed by atoms with Gasteiger partial charge in [0, 0.05) is 49.3 Å². The third-order valence-corrected chi connectivity index (χ3v) is 6.37. The zero-order valence-corrected chi connectivity index (χ0v) is 16.9. The van der Waals surface area contributed by atoms with Gasteiger partial charge < -0.3 is 15.4 Å². The number of nitrogens with zero attached hydrogens (tertiary/aromatic N) is 4. The van der Waals surface area contributed by atoms with E-state index in [4.69, 9.17) is 4.74 Å². The van der Waals surface area contributed by atoms with E-state index in [2.05, 4.69) is 43.0 Å². The SMILES string of the molecule is CN=C(NCc1cn2ccsc2n1)NCC(c1cccs1)N1CCOCC1. The average molecular weight is 405 g/mol. The second-order valence-corrected chi connectivity index (χ2v) is 8.16. The lowest BCUT2D eigenvalue weighted by atomic mass is 10.2. The normalized spacial score (nSPS) is 17.3. The summed E-state index contributed by atoms with van der Waals surface area (Å²) in [6.07, 6.45) is 4.08. The van der Waals surface area contributed by atoms with E-state index in [1.807, 2.05) is 22.2 Å². The third-order valence-electron chi connectivity index (χ3n) is 4.62. The van der Waals surface area contributed by atoms with Gasteiger partial charge in [0.05, 0.1) is 31.5 Å². The molecule has 1 aliphatic rings. The van der Waals surface area contributed by atoms with Crippen LogP contribution in [0.15, 0.2) is 40.3 Å². The molecular weight excluding hydrogens is 380 g/mol. The first-order chi connectivity index (χ1) is 13.3. The summed E-state index contributed by atoms with van der Waals surface area (Å²) in [6.45, 7) is 4.97. The number of morpholine rings is 1. The van der Waals surface area contributed by atoms with Crippen molar-refractivity contribution in [2.24, 2.45) is 4.99 Å². The number of guanidine groups is 1. The molecule has 7 nitrogen and oxygen atoms in total. The van der Waals surface area contributed by atoms with Crippen molar-refractivity contribution in [1.29, 1.82) is 0 Å². The molecule has 1 atom stereocenters. The van der Waals surface area contributed by atoms with Gasteiger partial charge in [0.15, 0.2) is 10.9 Å². The van der Waals surface area contributed by atoms with Gasteiger partial charge in [-0.05, 0) is 11.4 Å². The highest BCUT2D eigenvalue weighted by Crippen LogP contribution is 2.25. The number of thiophene rings is 1. The fraction of sp³-hybridized carbons (Fsp3) is 0.444. The van der Waals surface area contributed by atoms with Crippen molar-refractivity contribution in [1.82, 2.24) is 24.9 Å². The van der Waals surface area contributed by atoms with Crippen molar-refractivity contribution in [3.8, 4) is 0 Å². The van der Waals surface area contributed by atoms with Gasteiger partial charge >= 0.3 is 0 Å². The smallest absolute Gasteiger partial charge is 0.193 e. The lowest BCUT2D eigenvalue weighted by Crippen LogP contribution is -2.46. The first-order valence-electron chi connectivity index (χ1n) is 9.04. The number of aliphatic imine (C=N–C) groups is 1. The molecule has 1 unspecified atom stereocenters. The van der Waals surface area contributed by atoms with E-state index in [-0.39, 0.29) is 0 Å². The van der Waals surface area contributed by atoms with Gasteiger partial charge in [-0.1, -0.05) is 6.07 Å². The second-order valence-electron chi connectivity index (χ2n) is 6.31. The first kappa shape index (κ1) is 18.4. The molecule has 3 aromatic heterocycles. The molecule has 0 aromatic carbocycles. The minimum atomic E-state index is 0.324. The maximum absolute atomic E-state index is 5.52. The van der Waals surface area contributed by atoms with Gasteiger partial charge in [0.25, 0.3) is 0 Å². The van der Waals surface area contributed by atoms with Crippen LogP contribution >= 0.6 is 22.7 Å². The van der Waals surface area contributed by atoms with Crippen molar-refractivity contribution in [3.05, 3.63) is 45.9 Å². The molecule has 1 saturated heterocycles. The van der Waals surface area contributed by atoms with Crippen molar-refractivity contribution in [2.75, 3.05) is 39.9 Å². The van der Waals surface area contributed by atoms with Crippen molar-refractivity contribution < 1.29 is 4.74 Å². The number of nitrogens with one attached hydrogen (secondary N) is 2. The molecule has 0 aliphatic carbocycles. The molecule has 0 saturated carbocycles. The largest absolute Gasteiger partial charge is 0.379 e. The average Bonchev–Trinajstić information content (AvgIpc) is 3.43. The molecular formula is C18H24N6OS2.